The summed E-state index contributed by atoms with van der Waals surface area (Å²) < 4.78 is 24.3. The van der Waals surface area contributed by atoms with Crippen LogP contribution in [0.1, 0.15) is 19.3 Å². The molecule has 0 aromatic heterocycles. The lowest BCUT2D eigenvalue weighted by Crippen LogP contribution is -2.60. The van der Waals surface area contributed by atoms with Crippen molar-refractivity contribution in [1.29, 1.82) is 0 Å². The van der Waals surface area contributed by atoms with Crippen molar-refractivity contribution in [2.24, 2.45) is 5.73 Å². The van der Waals surface area contributed by atoms with Gasteiger partial charge in [0.05, 0.1) is 18.7 Å². The van der Waals surface area contributed by atoms with E-state index < -0.39 is 24.4 Å². The van der Waals surface area contributed by atoms with E-state index in [4.69, 9.17) is 10.8 Å². The Morgan fingerprint density at radius 3 is 2.47 bits per heavy atom. The van der Waals surface area contributed by atoms with Gasteiger partial charge >= 0.3 is 0 Å². The van der Waals surface area contributed by atoms with Crippen molar-refractivity contribution in [2.45, 2.75) is 31.2 Å². The number of hydrogen-bond acceptors (Lipinski definition) is 3. The van der Waals surface area contributed by atoms with Crippen LogP contribution in [0.2, 0.25) is 0 Å². The van der Waals surface area contributed by atoms with Gasteiger partial charge in [-0.15, -0.1) is 0 Å². The second-order valence-electron chi connectivity index (χ2n) is 3.88. The van der Waals surface area contributed by atoms with E-state index in [1.807, 2.05) is 0 Å². The SMILES string of the molecule is NC1(C(=O)N(CCO)CC(F)F)CCC1. The molecule has 3 N–H and O–H groups in total. The van der Waals surface area contributed by atoms with Crippen LogP contribution in [0.3, 0.4) is 0 Å². The molecule has 1 saturated carbocycles. The maximum Gasteiger partial charge on any atom is 0.255 e. The Morgan fingerprint density at radius 2 is 2.13 bits per heavy atom. The first kappa shape index (κ1) is 12.3. The van der Waals surface area contributed by atoms with Crippen molar-refractivity contribution in [3.8, 4) is 0 Å². The molecule has 6 heteroatoms. The molecule has 1 aliphatic rings. The second-order valence-corrected chi connectivity index (χ2v) is 3.88. The van der Waals surface area contributed by atoms with Crippen LogP contribution < -0.4 is 5.73 Å². The molecule has 0 unspecified atom stereocenters. The molecule has 15 heavy (non-hydrogen) atoms. The Labute approximate surface area is 87.0 Å². The number of rotatable bonds is 5. The van der Waals surface area contributed by atoms with Crippen LogP contribution in [-0.2, 0) is 4.79 Å². The summed E-state index contributed by atoms with van der Waals surface area (Å²) in [4.78, 5) is 12.7. The summed E-state index contributed by atoms with van der Waals surface area (Å²) in [5, 5.41) is 8.68. The number of aliphatic hydroxyl groups is 1. The third-order valence-corrected chi connectivity index (χ3v) is 2.69. The molecule has 1 aliphatic carbocycles. The number of carbonyl (C=O) groups is 1. The lowest BCUT2D eigenvalue weighted by molar-refractivity contribution is -0.142. The van der Waals surface area contributed by atoms with E-state index in [1.54, 1.807) is 0 Å². The molecule has 0 saturated heterocycles. The maximum atomic E-state index is 12.2. The van der Waals surface area contributed by atoms with Crippen molar-refractivity contribution < 1.29 is 18.7 Å². The van der Waals surface area contributed by atoms with E-state index >= 15 is 0 Å². The molecule has 1 fully saturated rings. The smallest absolute Gasteiger partial charge is 0.255 e. The molecule has 0 atom stereocenters. The zero-order valence-corrected chi connectivity index (χ0v) is 8.46. The zero-order valence-electron chi connectivity index (χ0n) is 8.46. The minimum atomic E-state index is -2.59. The Bertz CT molecular complexity index is 232. The summed E-state index contributed by atoms with van der Waals surface area (Å²) in [6, 6.07) is 0. The van der Waals surface area contributed by atoms with E-state index in [-0.39, 0.29) is 13.2 Å². The highest BCUT2D eigenvalue weighted by molar-refractivity contribution is 5.87. The Morgan fingerprint density at radius 1 is 1.53 bits per heavy atom. The molecule has 0 aromatic rings. The maximum absolute atomic E-state index is 12.2. The number of carbonyl (C=O) groups excluding carboxylic acids is 1. The van der Waals surface area contributed by atoms with Crippen molar-refractivity contribution in [3.63, 3.8) is 0 Å². The molecule has 1 rings (SSSR count). The highest BCUT2D eigenvalue weighted by Gasteiger charge is 2.42. The highest BCUT2D eigenvalue weighted by atomic mass is 19.3. The monoisotopic (exact) mass is 222 g/mol. The second kappa shape index (κ2) is 4.85. The fraction of sp³-hybridized carbons (Fsp3) is 0.889. The number of nitrogens with zero attached hydrogens (tertiary/aromatic N) is 1. The van der Waals surface area contributed by atoms with Crippen LogP contribution in [0, 0.1) is 0 Å². The average Bonchev–Trinajstić information content (AvgIpc) is 2.11. The van der Waals surface area contributed by atoms with Gasteiger partial charge in [-0.2, -0.15) is 0 Å². The number of aliphatic hydroxyl groups excluding tert-OH is 1. The first-order valence-corrected chi connectivity index (χ1v) is 4.97. The van der Waals surface area contributed by atoms with E-state index in [2.05, 4.69) is 0 Å². The van der Waals surface area contributed by atoms with Crippen LogP contribution in [-0.4, -0.2) is 47.6 Å². The number of amides is 1. The van der Waals surface area contributed by atoms with Gasteiger partial charge in [-0.1, -0.05) is 0 Å². The molecule has 4 nitrogen and oxygen atoms in total. The summed E-state index contributed by atoms with van der Waals surface area (Å²) in [5.41, 5.74) is 4.77. The average molecular weight is 222 g/mol. The molecule has 0 aliphatic heterocycles. The Balaban J connectivity index is 2.58. The van der Waals surface area contributed by atoms with Crippen LogP contribution in [0.4, 0.5) is 8.78 Å². The van der Waals surface area contributed by atoms with Gasteiger partial charge in [0.1, 0.15) is 0 Å². The molecule has 0 bridgehead atoms. The minimum absolute atomic E-state index is 0.0812. The topological polar surface area (TPSA) is 66.6 Å². The number of nitrogens with two attached hydrogens (primary N) is 1. The Kier molecular flexibility index (Phi) is 3.98. The minimum Gasteiger partial charge on any atom is -0.395 e. The highest BCUT2D eigenvalue weighted by Crippen LogP contribution is 2.31. The summed E-state index contributed by atoms with van der Waals surface area (Å²) in [6.07, 6.45) is -0.665. The number of hydrogen-bond donors (Lipinski definition) is 2. The first-order chi connectivity index (χ1) is 6.99. The fourth-order valence-electron chi connectivity index (χ4n) is 1.65. The molecule has 1 amide bonds. The predicted molar refractivity (Wildman–Crippen MR) is 50.4 cm³/mol. The third kappa shape index (κ3) is 2.85. The van der Waals surface area contributed by atoms with E-state index in [1.165, 1.54) is 0 Å². The van der Waals surface area contributed by atoms with Crippen molar-refractivity contribution in [3.05, 3.63) is 0 Å². The van der Waals surface area contributed by atoms with Gasteiger partial charge in [-0.3, -0.25) is 4.79 Å². The van der Waals surface area contributed by atoms with Gasteiger partial charge in [0.15, 0.2) is 0 Å². The van der Waals surface area contributed by atoms with Crippen LogP contribution in [0.15, 0.2) is 0 Å². The summed E-state index contributed by atoms with van der Waals surface area (Å²) in [7, 11) is 0. The van der Waals surface area contributed by atoms with Gasteiger partial charge in [0.25, 0.3) is 6.43 Å². The molecule has 88 valence electrons. The van der Waals surface area contributed by atoms with Gasteiger partial charge in [-0.25, -0.2) is 8.78 Å². The van der Waals surface area contributed by atoms with Crippen molar-refractivity contribution in [2.75, 3.05) is 19.7 Å². The van der Waals surface area contributed by atoms with Gasteiger partial charge in [0.2, 0.25) is 5.91 Å². The van der Waals surface area contributed by atoms with Crippen molar-refractivity contribution in [1.82, 2.24) is 4.90 Å². The molecule has 0 aromatic carbocycles. The normalized spacial score (nSPS) is 18.7. The van der Waals surface area contributed by atoms with Gasteiger partial charge in [-0.05, 0) is 19.3 Å². The predicted octanol–water partition coefficient (Wildman–Crippen LogP) is -0.0462. The summed E-state index contributed by atoms with van der Waals surface area (Å²) >= 11 is 0. The molecular formula is C9H16F2N2O2. The first-order valence-electron chi connectivity index (χ1n) is 4.97. The quantitative estimate of drug-likeness (QED) is 0.685. The third-order valence-electron chi connectivity index (χ3n) is 2.69. The molecule has 0 heterocycles. The molecule has 0 radical (unpaired) electrons. The number of alkyl halides is 2. The van der Waals surface area contributed by atoms with E-state index in [0.717, 1.165) is 11.3 Å². The molecule has 0 spiro atoms. The standard InChI is InChI=1S/C9H16F2N2O2/c10-7(11)6-13(4-5-14)8(15)9(12)2-1-3-9/h7,14H,1-6,12H2. The number of halogens is 2. The fourth-order valence-corrected chi connectivity index (χ4v) is 1.65. The van der Waals surface area contributed by atoms with Crippen LogP contribution >= 0.6 is 0 Å². The Hall–Kier alpha value is -0.750. The van der Waals surface area contributed by atoms with E-state index in [0.29, 0.717) is 12.8 Å². The summed E-state index contributed by atoms with van der Waals surface area (Å²) in [6.45, 7) is -1.06. The molecular weight excluding hydrogens is 206 g/mol. The van der Waals surface area contributed by atoms with Crippen LogP contribution in [0.5, 0.6) is 0 Å². The van der Waals surface area contributed by atoms with E-state index in [9.17, 15) is 13.6 Å². The lowest BCUT2D eigenvalue weighted by Gasteiger charge is -2.40. The van der Waals surface area contributed by atoms with Gasteiger partial charge < -0.3 is 15.7 Å². The summed E-state index contributed by atoms with van der Waals surface area (Å²) in [5.74, 6) is -0.469. The van der Waals surface area contributed by atoms with Gasteiger partial charge in [0, 0.05) is 6.54 Å². The lowest BCUT2D eigenvalue weighted by atomic mass is 9.76. The zero-order chi connectivity index (χ0) is 11.5. The van der Waals surface area contributed by atoms with Crippen LogP contribution in [0.25, 0.3) is 0 Å². The van der Waals surface area contributed by atoms with Crippen molar-refractivity contribution >= 4 is 5.91 Å². The largest absolute Gasteiger partial charge is 0.395 e.